The monoisotopic (exact) mass is 227 g/mol. The predicted octanol–water partition coefficient (Wildman–Crippen LogP) is 1.08. The molecule has 0 aliphatic carbocycles. The molecule has 90 valence electrons. The van der Waals surface area contributed by atoms with Crippen LogP contribution in [0.3, 0.4) is 0 Å². The van der Waals surface area contributed by atoms with Gasteiger partial charge in [0.15, 0.2) is 0 Å². The number of nitrogens with one attached hydrogen (secondary N) is 1. The highest BCUT2D eigenvalue weighted by molar-refractivity contribution is 5.18. The molecule has 0 heterocycles. The van der Waals surface area contributed by atoms with Crippen molar-refractivity contribution >= 4 is 0 Å². The van der Waals surface area contributed by atoms with Crippen molar-refractivity contribution in [2.45, 2.75) is 13.0 Å². The molecule has 0 amide bonds. The van der Waals surface area contributed by atoms with Crippen molar-refractivity contribution in [3.05, 3.63) is 35.6 Å². The summed E-state index contributed by atoms with van der Waals surface area (Å²) in [5.41, 5.74) is 0.559. The zero-order valence-corrected chi connectivity index (χ0v) is 9.36. The molecule has 3 nitrogen and oxygen atoms in total. The smallest absolute Gasteiger partial charge is 0.123 e. The van der Waals surface area contributed by atoms with Gasteiger partial charge in [-0.15, -0.1) is 0 Å². The minimum Gasteiger partial charge on any atom is -0.396 e. The second kappa shape index (κ2) is 6.58. The van der Waals surface area contributed by atoms with Gasteiger partial charge in [-0.05, 0) is 30.2 Å². The van der Waals surface area contributed by atoms with Crippen LogP contribution in [0.1, 0.15) is 18.6 Å². The molecule has 3 N–H and O–H groups in total. The van der Waals surface area contributed by atoms with Crippen LogP contribution in [0, 0.1) is 11.7 Å². The van der Waals surface area contributed by atoms with Gasteiger partial charge in [-0.25, -0.2) is 4.39 Å². The van der Waals surface area contributed by atoms with Gasteiger partial charge in [0.05, 0.1) is 6.10 Å². The van der Waals surface area contributed by atoms with E-state index in [2.05, 4.69) is 5.32 Å². The molecule has 0 aliphatic heterocycles. The maximum absolute atomic E-state index is 12.9. The summed E-state index contributed by atoms with van der Waals surface area (Å²) >= 11 is 0. The summed E-state index contributed by atoms with van der Waals surface area (Å²) < 4.78 is 12.9. The van der Waals surface area contributed by atoms with Crippen molar-refractivity contribution in [3.8, 4) is 0 Å². The Labute approximate surface area is 94.9 Å². The van der Waals surface area contributed by atoms with Crippen LogP contribution in [0.15, 0.2) is 24.3 Å². The Morgan fingerprint density at radius 2 is 2.12 bits per heavy atom. The lowest BCUT2D eigenvalue weighted by Crippen LogP contribution is -2.27. The molecular formula is C12H18FNO2. The summed E-state index contributed by atoms with van der Waals surface area (Å²) in [5.74, 6) is -0.194. The molecule has 2 atom stereocenters. The molecule has 0 radical (unpaired) electrons. The average molecular weight is 227 g/mol. The maximum Gasteiger partial charge on any atom is 0.123 e. The fourth-order valence-corrected chi connectivity index (χ4v) is 1.36. The standard InChI is InChI=1S/C12H18FNO2/c1-9(8-15)6-14-7-12(16)10-3-2-4-11(13)5-10/h2-5,9,12,14-16H,6-8H2,1H3. The number of halogens is 1. The largest absolute Gasteiger partial charge is 0.396 e. The van der Waals surface area contributed by atoms with E-state index in [4.69, 9.17) is 5.11 Å². The molecule has 0 aromatic heterocycles. The lowest BCUT2D eigenvalue weighted by atomic mass is 10.1. The van der Waals surface area contributed by atoms with Gasteiger partial charge in [0.1, 0.15) is 5.82 Å². The third-order valence-electron chi connectivity index (χ3n) is 2.38. The summed E-state index contributed by atoms with van der Waals surface area (Å²) in [6.45, 7) is 3.00. The fourth-order valence-electron chi connectivity index (χ4n) is 1.36. The van der Waals surface area contributed by atoms with Crippen molar-refractivity contribution in [1.82, 2.24) is 5.32 Å². The molecule has 0 fully saturated rings. The third-order valence-corrected chi connectivity index (χ3v) is 2.38. The number of aliphatic hydroxyl groups excluding tert-OH is 2. The summed E-state index contributed by atoms with van der Waals surface area (Å²) in [5, 5.41) is 21.6. The van der Waals surface area contributed by atoms with Gasteiger partial charge >= 0.3 is 0 Å². The van der Waals surface area contributed by atoms with Crippen LogP contribution >= 0.6 is 0 Å². The van der Waals surface area contributed by atoms with E-state index in [0.717, 1.165) is 0 Å². The SMILES string of the molecule is CC(CO)CNCC(O)c1cccc(F)c1. The minimum atomic E-state index is -0.721. The molecule has 4 heteroatoms. The Balaban J connectivity index is 2.38. The zero-order chi connectivity index (χ0) is 12.0. The van der Waals surface area contributed by atoms with E-state index >= 15 is 0 Å². The summed E-state index contributed by atoms with van der Waals surface area (Å²) in [6.07, 6.45) is -0.721. The third kappa shape index (κ3) is 4.26. The van der Waals surface area contributed by atoms with E-state index < -0.39 is 6.10 Å². The normalized spacial score (nSPS) is 14.8. The van der Waals surface area contributed by atoms with Crippen molar-refractivity contribution in [1.29, 1.82) is 0 Å². The van der Waals surface area contributed by atoms with Gasteiger partial charge < -0.3 is 15.5 Å². The van der Waals surface area contributed by atoms with Crippen LogP contribution in [0.5, 0.6) is 0 Å². The predicted molar refractivity (Wildman–Crippen MR) is 60.5 cm³/mol. The Hall–Kier alpha value is -0.970. The molecule has 2 unspecified atom stereocenters. The highest BCUT2D eigenvalue weighted by Gasteiger charge is 2.08. The number of rotatable bonds is 6. The first kappa shape index (κ1) is 13.1. The van der Waals surface area contributed by atoms with Gasteiger partial charge in [-0.1, -0.05) is 19.1 Å². The van der Waals surface area contributed by atoms with E-state index in [9.17, 15) is 9.50 Å². The second-order valence-corrected chi connectivity index (χ2v) is 4.02. The van der Waals surface area contributed by atoms with Crippen LogP contribution < -0.4 is 5.32 Å². The molecule has 1 rings (SSSR count). The Bertz CT molecular complexity index is 320. The van der Waals surface area contributed by atoms with E-state index in [0.29, 0.717) is 18.7 Å². The van der Waals surface area contributed by atoms with E-state index in [1.165, 1.54) is 12.1 Å². The van der Waals surface area contributed by atoms with Crippen LogP contribution in [0.4, 0.5) is 4.39 Å². The highest BCUT2D eigenvalue weighted by Crippen LogP contribution is 2.12. The van der Waals surface area contributed by atoms with Gasteiger partial charge in [-0.2, -0.15) is 0 Å². The van der Waals surface area contributed by atoms with Gasteiger partial charge in [0.25, 0.3) is 0 Å². The fraction of sp³-hybridized carbons (Fsp3) is 0.500. The van der Waals surface area contributed by atoms with E-state index in [1.807, 2.05) is 6.92 Å². The molecular weight excluding hydrogens is 209 g/mol. The Morgan fingerprint density at radius 1 is 1.38 bits per heavy atom. The summed E-state index contributed by atoms with van der Waals surface area (Å²) in [7, 11) is 0. The van der Waals surface area contributed by atoms with E-state index in [-0.39, 0.29) is 18.3 Å². The first-order valence-electron chi connectivity index (χ1n) is 5.38. The minimum absolute atomic E-state index is 0.114. The topological polar surface area (TPSA) is 52.5 Å². The summed E-state index contributed by atoms with van der Waals surface area (Å²) in [6, 6.07) is 5.93. The van der Waals surface area contributed by atoms with Crippen LogP contribution in [0.2, 0.25) is 0 Å². The molecule has 0 saturated heterocycles. The van der Waals surface area contributed by atoms with Crippen LogP contribution in [-0.2, 0) is 0 Å². The molecule has 0 spiro atoms. The second-order valence-electron chi connectivity index (χ2n) is 4.02. The zero-order valence-electron chi connectivity index (χ0n) is 9.36. The number of benzene rings is 1. The number of aliphatic hydroxyl groups is 2. The van der Waals surface area contributed by atoms with Crippen LogP contribution in [-0.4, -0.2) is 29.9 Å². The lowest BCUT2D eigenvalue weighted by molar-refractivity contribution is 0.167. The van der Waals surface area contributed by atoms with Gasteiger partial charge in [0, 0.05) is 13.2 Å². The molecule has 0 bridgehead atoms. The Kier molecular flexibility index (Phi) is 5.38. The maximum atomic E-state index is 12.9. The van der Waals surface area contributed by atoms with Crippen molar-refractivity contribution in [2.24, 2.45) is 5.92 Å². The molecule has 1 aromatic rings. The first-order valence-corrected chi connectivity index (χ1v) is 5.38. The van der Waals surface area contributed by atoms with Crippen molar-refractivity contribution < 1.29 is 14.6 Å². The average Bonchev–Trinajstić information content (AvgIpc) is 2.28. The summed E-state index contributed by atoms with van der Waals surface area (Å²) in [4.78, 5) is 0. The molecule has 1 aromatic carbocycles. The number of hydrogen-bond donors (Lipinski definition) is 3. The van der Waals surface area contributed by atoms with Gasteiger partial charge in [0.2, 0.25) is 0 Å². The quantitative estimate of drug-likeness (QED) is 0.681. The highest BCUT2D eigenvalue weighted by atomic mass is 19.1. The molecule has 0 saturated carbocycles. The van der Waals surface area contributed by atoms with E-state index in [1.54, 1.807) is 12.1 Å². The first-order chi connectivity index (χ1) is 7.63. The molecule has 16 heavy (non-hydrogen) atoms. The molecule has 0 aliphatic rings. The lowest BCUT2D eigenvalue weighted by Gasteiger charge is -2.14. The van der Waals surface area contributed by atoms with Crippen LogP contribution in [0.25, 0.3) is 0 Å². The number of hydrogen-bond acceptors (Lipinski definition) is 3. The van der Waals surface area contributed by atoms with Crippen molar-refractivity contribution in [3.63, 3.8) is 0 Å². The van der Waals surface area contributed by atoms with Crippen molar-refractivity contribution in [2.75, 3.05) is 19.7 Å². The Morgan fingerprint density at radius 3 is 2.75 bits per heavy atom. The van der Waals surface area contributed by atoms with Gasteiger partial charge in [-0.3, -0.25) is 0 Å².